The maximum atomic E-state index is 12.2. The standard InChI is InChI=1S/C18H17N3O4S2/c1-2-9-19-27(24,25)14-7-3-6-13(10-14)17(22)20-21-18(23)16-11-12-5-4-8-15(12)26-16/h1,3,6-7,10-11,19H,4-5,8-9H2,(H,20,22)(H,21,23). The molecule has 2 amide bonds. The van der Waals surface area contributed by atoms with Gasteiger partial charge in [0.25, 0.3) is 11.8 Å². The molecule has 0 aliphatic heterocycles. The van der Waals surface area contributed by atoms with Crippen LogP contribution in [0.5, 0.6) is 0 Å². The molecule has 0 bridgehead atoms. The fourth-order valence-electron chi connectivity index (χ4n) is 2.71. The van der Waals surface area contributed by atoms with Gasteiger partial charge in [0, 0.05) is 10.4 Å². The molecule has 1 heterocycles. The maximum absolute atomic E-state index is 12.2. The van der Waals surface area contributed by atoms with E-state index in [1.807, 2.05) is 6.07 Å². The first-order chi connectivity index (χ1) is 12.9. The first-order valence-corrected chi connectivity index (χ1v) is 10.5. The number of terminal acetylenes is 1. The number of carbonyl (C=O) groups is 2. The second-order valence-corrected chi connectivity index (χ2v) is 8.78. The fraction of sp³-hybridized carbons (Fsp3) is 0.222. The molecular formula is C18H17N3O4S2. The number of sulfonamides is 1. The molecule has 7 nitrogen and oxygen atoms in total. The van der Waals surface area contributed by atoms with E-state index >= 15 is 0 Å². The molecule has 2 aromatic rings. The molecule has 0 atom stereocenters. The van der Waals surface area contributed by atoms with Gasteiger partial charge in [-0.2, -0.15) is 4.72 Å². The van der Waals surface area contributed by atoms with E-state index in [-0.39, 0.29) is 17.0 Å². The summed E-state index contributed by atoms with van der Waals surface area (Å²) in [6.45, 7) is -0.153. The van der Waals surface area contributed by atoms with Crippen molar-refractivity contribution in [1.82, 2.24) is 15.6 Å². The molecule has 0 saturated carbocycles. The van der Waals surface area contributed by atoms with E-state index in [1.165, 1.54) is 46.0 Å². The molecule has 1 aromatic heterocycles. The van der Waals surface area contributed by atoms with Crippen molar-refractivity contribution in [3.8, 4) is 12.3 Å². The van der Waals surface area contributed by atoms with Crippen molar-refractivity contribution in [1.29, 1.82) is 0 Å². The molecule has 3 rings (SSSR count). The molecule has 1 aliphatic rings. The molecular weight excluding hydrogens is 386 g/mol. The number of amides is 2. The van der Waals surface area contributed by atoms with Crippen LogP contribution in [-0.4, -0.2) is 26.8 Å². The Labute approximate surface area is 161 Å². The number of nitrogens with one attached hydrogen (secondary N) is 3. The summed E-state index contributed by atoms with van der Waals surface area (Å²) in [4.78, 5) is 26.1. The average Bonchev–Trinajstić information content (AvgIpc) is 3.26. The number of aryl methyl sites for hydroxylation is 2. The van der Waals surface area contributed by atoms with Gasteiger partial charge in [-0.05, 0) is 49.1 Å². The Bertz CT molecular complexity index is 1010. The minimum absolute atomic E-state index is 0.0903. The third kappa shape index (κ3) is 4.36. The maximum Gasteiger partial charge on any atom is 0.279 e. The minimum atomic E-state index is -3.81. The van der Waals surface area contributed by atoms with Crippen molar-refractivity contribution < 1.29 is 18.0 Å². The van der Waals surface area contributed by atoms with Crippen LogP contribution in [0.1, 0.15) is 36.9 Å². The number of hydrogen-bond acceptors (Lipinski definition) is 5. The second kappa shape index (κ2) is 7.92. The van der Waals surface area contributed by atoms with E-state index in [1.54, 1.807) is 0 Å². The second-order valence-electron chi connectivity index (χ2n) is 5.88. The molecule has 0 unspecified atom stereocenters. The highest BCUT2D eigenvalue weighted by molar-refractivity contribution is 7.89. The molecule has 3 N–H and O–H groups in total. The van der Waals surface area contributed by atoms with E-state index in [0.29, 0.717) is 4.88 Å². The van der Waals surface area contributed by atoms with Crippen LogP contribution in [0, 0.1) is 12.3 Å². The molecule has 0 spiro atoms. The summed E-state index contributed by atoms with van der Waals surface area (Å²) in [6.07, 6.45) is 8.11. The number of thiophene rings is 1. The molecule has 9 heteroatoms. The van der Waals surface area contributed by atoms with Gasteiger partial charge in [0.05, 0.1) is 16.3 Å². The van der Waals surface area contributed by atoms with E-state index in [0.717, 1.165) is 19.3 Å². The molecule has 0 saturated heterocycles. The van der Waals surface area contributed by atoms with Crippen LogP contribution in [0.3, 0.4) is 0 Å². The Hall–Kier alpha value is -2.67. The van der Waals surface area contributed by atoms with Crippen molar-refractivity contribution in [3.05, 3.63) is 51.2 Å². The topological polar surface area (TPSA) is 104 Å². The van der Waals surface area contributed by atoms with Crippen molar-refractivity contribution in [2.45, 2.75) is 24.2 Å². The smallest absolute Gasteiger partial charge is 0.267 e. The van der Waals surface area contributed by atoms with E-state index in [2.05, 4.69) is 21.5 Å². The summed E-state index contributed by atoms with van der Waals surface area (Å²) in [5.74, 6) is 1.15. The largest absolute Gasteiger partial charge is 0.279 e. The number of hydrogen-bond donors (Lipinski definition) is 3. The van der Waals surface area contributed by atoms with Crippen LogP contribution in [0.15, 0.2) is 35.2 Å². The van der Waals surface area contributed by atoms with Crippen LogP contribution in [-0.2, 0) is 22.9 Å². The molecule has 27 heavy (non-hydrogen) atoms. The Morgan fingerprint density at radius 1 is 1.15 bits per heavy atom. The highest BCUT2D eigenvalue weighted by atomic mass is 32.2. The van der Waals surface area contributed by atoms with Crippen molar-refractivity contribution in [3.63, 3.8) is 0 Å². The van der Waals surface area contributed by atoms with Gasteiger partial charge in [-0.3, -0.25) is 20.4 Å². The van der Waals surface area contributed by atoms with Gasteiger partial charge in [0.15, 0.2) is 0 Å². The van der Waals surface area contributed by atoms with Gasteiger partial charge in [-0.25, -0.2) is 8.42 Å². The quantitative estimate of drug-likeness (QED) is 0.516. The summed E-state index contributed by atoms with van der Waals surface area (Å²) in [6, 6.07) is 7.28. The lowest BCUT2D eigenvalue weighted by molar-refractivity contribution is 0.0848. The van der Waals surface area contributed by atoms with Crippen molar-refractivity contribution >= 4 is 33.2 Å². The first kappa shape index (κ1) is 19.1. The number of carbonyl (C=O) groups excluding carboxylic acids is 2. The molecule has 0 fully saturated rings. The molecule has 1 aromatic carbocycles. The highest BCUT2D eigenvalue weighted by Gasteiger charge is 2.19. The van der Waals surface area contributed by atoms with Crippen LogP contribution >= 0.6 is 11.3 Å². The molecule has 0 radical (unpaired) electrons. The Morgan fingerprint density at radius 2 is 1.93 bits per heavy atom. The lowest BCUT2D eigenvalue weighted by Crippen LogP contribution is -2.41. The third-order valence-corrected chi connectivity index (χ3v) is 6.67. The van der Waals surface area contributed by atoms with Crippen LogP contribution in [0.4, 0.5) is 0 Å². The number of rotatable bonds is 5. The summed E-state index contributed by atoms with van der Waals surface area (Å²) in [7, 11) is -3.81. The van der Waals surface area contributed by atoms with Crippen LogP contribution in [0.2, 0.25) is 0 Å². The zero-order chi connectivity index (χ0) is 19.4. The summed E-state index contributed by atoms with van der Waals surface area (Å²) in [5.41, 5.74) is 5.94. The highest BCUT2D eigenvalue weighted by Crippen LogP contribution is 2.30. The zero-order valence-electron chi connectivity index (χ0n) is 14.2. The van der Waals surface area contributed by atoms with Crippen LogP contribution in [0.25, 0.3) is 0 Å². The summed E-state index contributed by atoms with van der Waals surface area (Å²) in [5, 5.41) is 0. The van der Waals surface area contributed by atoms with E-state index in [9.17, 15) is 18.0 Å². The Balaban J connectivity index is 1.65. The molecule has 140 valence electrons. The minimum Gasteiger partial charge on any atom is -0.267 e. The lowest BCUT2D eigenvalue weighted by Gasteiger charge is -2.08. The Kier molecular flexibility index (Phi) is 5.60. The normalized spacial score (nSPS) is 12.9. The number of hydrazine groups is 1. The van der Waals surface area contributed by atoms with Crippen molar-refractivity contribution in [2.24, 2.45) is 0 Å². The van der Waals surface area contributed by atoms with E-state index in [4.69, 9.17) is 6.42 Å². The van der Waals surface area contributed by atoms with Gasteiger partial charge in [-0.15, -0.1) is 17.8 Å². The van der Waals surface area contributed by atoms with Gasteiger partial charge in [0.1, 0.15) is 0 Å². The lowest BCUT2D eigenvalue weighted by atomic mass is 10.2. The summed E-state index contributed by atoms with van der Waals surface area (Å²) < 4.78 is 26.4. The van der Waals surface area contributed by atoms with Gasteiger partial charge < -0.3 is 0 Å². The van der Waals surface area contributed by atoms with E-state index < -0.39 is 21.8 Å². The van der Waals surface area contributed by atoms with Gasteiger partial charge >= 0.3 is 0 Å². The first-order valence-electron chi connectivity index (χ1n) is 8.16. The van der Waals surface area contributed by atoms with Gasteiger partial charge in [0.2, 0.25) is 10.0 Å². The zero-order valence-corrected chi connectivity index (χ0v) is 15.9. The predicted molar refractivity (Wildman–Crippen MR) is 102 cm³/mol. The molecule has 1 aliphatic carbocycles. The van der Waals surface area contributed by atoms with Gasteiger partial charge in [-0.1, -0.05) is 12.0 Å². The monoisotopic (exact) mass is 403 g/mol. The SMILES string of the molecule is C#CCNS(=O)(=O)c1cccc(C(=O)NNC(=O)c2cc3c(s2)CCC3)c1. The average molecular weight is 403 g/mol. The summed E-state index contributed by atoms with van der Waals surface area (Å²) >= 11 is 1.42. The number of fused-ring (bicyclic) bond motifs is 1. The third-order valence-electron chi connectivity index (χ3n) is 4.03. The fourth-order valence-corrected chi connectivity index (χ4v) is 4.84. The Morgan fingerprint density at radius 3 is 2.67 bits per heavy atom. The van der Waals surface area contributed by atoms with Crippen molar-refractivity contribution in [2.75, 3.05) is 6.54 Å². The number of benzene rings is 1. The van der Waals surface area contributed by atoms with Crippen LogP contribution < -0.4 is 15.6 Å². The predicted octanol–water partition coefficient (Wildman–Crippen LogP) is 1.22.